The molecule has 0 aromatic carbocycles. The number of amides is 1. The van der Waals surface area contributed by atoms with Gasteiger partial charge in [0.1, 0.15) is 5.70 Å². The fraction of sp³-hybridized carbons (Fsp3) is 0.714. The van der Waals surface area contributed by atoms with Gasteiger partial charge in [0.2, 0.25) is 5.91 Å². The van der Waals surface area contributed by atoms with Crippen molar-refractivity contribution in [2.75, 3.05) is 5.75 Å². The van der Waals surface area contributed by atoms with Crippen molar-refractivity contribution >= 4 is 23.6 Å². The molecule has 5 heteroatoms. The number of rotatable bonds is 4. The molecule has 106 valence electrons. The maximum Gasteiger partial charge on any atom is 0.352 e. The van der Waals surface area contributed by atoms with Gasteiger partial charge in [-0.1, -0.05) is 27.7 Å². The molecule has 1 N–H and O–H groups in total. The van der Waals surface area contributed by atoms with E-state index < -0.39 is 5.97 Å². The number of fused-ring (bicyclic) bond motifs is 1. The van der Waals surface area contributed by atoms with Crippen molar-refractivity contribution in [3.05, 3.63) is 11.3 Å². The Bertz CT molecular complexity index is 442. The van der Waals surface area contributed by atoms with E-state index in [1.54, 1.807) is 11.8 Å². The first-order valence-electron chi connectivity index (χ1n) is 6.75. The molecule has 19 heavy (non-hydrogen) atoms. The Morgan fingerprint density at radius 1 is 1.42 bits per heavy atom. The van der Waals surface area contributed by atoms with Crippen LogP contribution < -0.4 is 0 Å². The van der Waals surface area contributed by atoms with E-state index in [-0.39, 0.29) is 28.8 Å². The molecule has 0 aromatic heterocycles. The number of hydrogen-bond donors (Lipinski definition) is 1. The van der Waals surface area contributed by atoms with Gasteiger partial charge in [-0.3, -0.25) is 9.69 Å². The first-order chi connectivity index (χ1) is 8.84. The second-order valence-electron chi connectivity index (χ2n) is 5.98. The van der Waals surface area contributed by atoms with Crippen LogP contribution in [0.4, 0.5) is 0 Å². The number of carboxylic acid groups (broad SMARTS) is 1. The zero-order valence-electron chi connectivity index (χ0n) is 11.8. The van der Waals surface area contributed by atoms with Crippen molar-refractivity contribution < 1.29 is 14.7 Å². The third kappa shape index (κ3) is 2.40. The predicted octanol–water partition coefficient (Wildman–Crippen LogP) is 2.56. The van der Waals surface area contributed by atoms with E-state index in [4.69, 9.17) is 0 Å². The van der Waals surface area contributed by atoms with Gasteiger partial charge in [0.25, 0.3) is 0 Å². The van der Waals surface area contributed by atoms with Crippen molar-refractivity contribution in [2.24, 2.45) is 17.8 Å². The summed E-state index contributed by atoms with van der Waals surface area (Å²) in [5, 5.41) is 9.44. The number of aliphatic carboxylic acids is 1. The molecular weight excluding hydrogens is 262 g/mol. The van der Waals surface area contributed by atoms with Crippen LogP contribution in [0.3, 0.4) is 0 Å². The highest BCUT2D eigenvalue weighted by Crippen LogP contribution is 2.47. The SMILES string of the molecule is CC(C)C[C@@H]1C(=O)N2C(C(=O)O)=C(C(C)C)CS[C@H]12. The van der Waals surface area contributed by atoms with Crippen molar-refractivity contribution in [2.45, 2.75) is 39.5 Å². The Morgan fingerprint density at radius 3 is 2.53 bits per heavy atom. The quantitative estimate of drug-likeness (QED) is 0.806. The average molecular weight is 283 g/mol. The van der Waals surface area contributed by atoms with Gasteiger partial charge in [-0.05, 0) is 23.8 Å². The molecule has 2 aliphatic heterocycles. The predicted molar refractivity (Wildman–Crippen MR) is 75.5 cm³/mol. The van der Waals surface area contributed by atoms with Crippen LogP contribution in [-0.4, -0.2) is 33.0 Å². The summed E-state index contributed by atoms with van der Waals surface area (Å²) >= 11 is 1.71. The van der Waals surface area contributed by atoms with Gasteiger partial charge in [-0.15, -0.1) is 11.8 Å². The molecule has 2 heterocycles. The van der Waals surface area contributed by atoms with Crippen molar-refractivity contribution in [3.8, 4) is 0 Å². The summed E-state index contributed by atoms with van der Waals surface area (Å²) in [6.45, 7) is 8.15. The van der Waals surface area contributed by atoms with Crippen LogP contribution in [0.1, 0.15) is 34.1 Å². The summed E-state index contributed by atoms with van der Waals surface area (Å²) in [6, 6.07) is 0. The van der Waals surface area contributed by atoms with Crippen LogP contribution in [-0.2, 0) is 9.59 Å². The van der Waals surface area contributed by atoms with Crippen LogP contribution in [0, 0.1) is 17.8 Å². The topological polar surface area (TPSA) is 57.6 Å². The highest BCUT2D eigenvalue weighted by molar-refractivity contribution is 8.00. The summed E-state index contributed by atoms with van der Waals surface area (Å²) in [7, 11) is 0. The first-order valence-corrected chi connectivity index (χ1v) is 7.80. The lowest BCUT2D eigenvalue weighted by atomic mass is 9.87. The van der Waals surface area contributed by atoms with Crippen LogP contribution in [0.5, 0.6) is 0 Å². The largest absolute Gasteiger partial charge is 0.477 e. The van der Waals surface area contributed by atoms with E-state index in [9.17, 15) is 14.7 Å². The van der Waals surface area contributed by atoms with Gasteiger partial charge < -0.3 is 5.11 Å². The fourth-order valence-corrected chi connectivity index (χ4v) is 4.39. The molecule has 2 rings (SSSR count). The molecule has 2 aliphatic rings. The number of thioether (sulfide) groups is 1. The van der Waals surface area contributed by atoms with Crippen molar-refractivity contribution in [3.63, 3.8) is 0 Å². The molecule has 1 saturated heterocycles. The number of carbonyl (C=O) groups is 2. The minimum atomic E-state index is -0.967. The Hall–Kier alpha value is -0.970. The zero-order valence-corrected chi connectivity index (χ0v) is 12.7. The average Bonchev–Trinajstić information content (AvgIpc) is 2.33. The van der Waals surface area contributed by atoms with Gasteiger partial charge in [0.15, 0.2) is 0 Å². The molecule has 0 bridgehead atoms. The molecule has 0 radical (unpaired) electrons. The molecule has 1 fully saturated rings. The molecule has 4 nitrogen and oxygen atoms in total. The number of hydrogen-bond acceptors (Lipinski definition) is 3. The number of β-lactam (4-membered cyclic amide) rings is 1. The fourth-order valence-electron chi connectivity index (χ4n) is 2.76. The van der Waals surface area contributed by atoms with E-state index in [0.717, 1.165) is 17.7 Å². The lowest BCUT2D eigenvalue weighted by Crippen LogP contribution is -2.61. The molecule has 0 saturated carbocycles. The molecule has 2 atom stereocenters. The number of carboxylic acids is 1. The standard InChI is InChI=1S/C14H21NO3S/c1-7(2)5-9-12(16)15-11(14(17)18)10(8(3)4)6-19-13(9)15/h7-9,13H,5-6H2,1-4H3,(H,17,18)/t9-,13-/m1/s1. The second kappa shape index (κ2) is 5.19. The van der Waals surface area contributed by atoms with Crippen LogP contribution in [0.25, 0.3) is 0 Å². The van der Waals surface area contributed by atoms with E-state index in [0.29, 0.717) is 5.92 Å². The molecule has 1 amide bonds. The lowest BCUT2D eigenvalue weighted by Gasteiger charge is -2.50. The maximum absolute atomic E-state index is 12.2. The normalized spacial score (nSPS) is 26.8. The van der Waals surface area contributed by atoms with Gasteiger partial charge in [0, 0.05) is 5.75 Å². The number of nitrogens with zero attached hydrogens (tertiary/aromatic N) is 1. The van der Waals surface area contributed by atoms with E-state index >= 15 is 0 Å². The Labute approximate surface area is 118 Å². The van der Waals surface area contributed by atoms with E-state index in [1.807, 2.05) is 13.8 Å². The van der Waals surface area contributed by atoms with Gasteiger partial charge >= 0.3 is 5.97 Å². The van der Waals surface area contributed by atoms with Crippen LogP contribution in [0.15, 0.2) is 11.3 Å². The van der Waals surface area contributed by atoms with Gasteiger partial charge in [-0.25, -0.2) is 4.79 Å². The Kier molecular flexibility index (Phi) is 3.95. The molecule has 0 spiro atoms. The minimum absolute atomic E-state index is 0.00642. The summed E-state index contributed by atoms with van der Waals surface area (Å²) in [5.74, 6) is 0.360. The summed E-state index contributed by atoms with van der Waals surface area (Å²) < 4.78 is 0. The van der Waals surface area contributed by atoms with Crippen LogP contribution in [0.2, 0.25) is 0 Å². The maximum atomic E-state index is 12.2. The summed E-state index contributed by atoms with van der Waals surface area (Å²) in [6.07, 6.45) is 0.844. The minimum Gasteiger partial charge on any atom is -0.477 e. The van der Waals surface area contributed by atoms with E-state index in [2.05, 4.69) is 13.8 Å². The van der Waals surface area contributed by atoms with Gasteiger partial charge in [0.05, 0.1) is 11.3 Å². The zero-order chi connectivity index (χ0) is 14.3. The lowest BCUT2D eigenvalue weighted by molar-refractivity contribution is -0.153. The second-order valence-corrected chi connectivity index (χ2v) is 7.08. The molecule has 0 aromatic rings. The monoisotopic (exact) mass is 283 g/mol. The third-order valence-electron chi connectivity index (χ3n) is 3.73. The summed E-state index contributed by atoms with van der Waals surface area (Å²) in [4.78, 5) is 25.2. The highest BCUT2D eigenvalue weighted by Gasteiger charge is 2.53. The highest BCUT2D eigenvalue weighted by atomic mass is 32.2. The van der Waals surface area contributed by atoms with Crippen LogP contribution >= 0.6 is 11.8 Å². The third-order valence-corrected chi connectivity index (χ3v) is 5.09. The van der Waals surface area contributed by atoms with Crippen molar-refractivity contribution in [1.82, 2.24) is 4.90 Å². The molecule has 0 unspecified atom stereocenters. The first kappa shape index (κ1) is 14.4. The smallest absolute Gasteiger partial charge is 0.352 e. The molecule has 0 aliphatic carbocycles. The number of carbonyl (C=O) groups excluding carboxylic acids is 1. The van der Waals surface area contributed by atoms with Crippen molar-refractivity contribution in [1.29, 1.82) is 0 Å². The summed E-state index contributed by atoms with van der Waals surface area (Å²) in [5.41, 5.74) is 1.12. The Morgan fingerprint density at radius 2 is 2.05 bits per heavy atom. The Balaban J connectivity index is 2.28. The van der Waals surface area contributed by atoms with E-state index in [1.165, 1.54) is 4.90 Å². The van der Waals surface area contributed by atoms with Gasteiger partial charge in [-0.2, -0.15) is 0 Å². The molecular formula is C14H21NO3S.